The van der Waals surface area contributed by atoms with Crippen LogP contribution in [0.25, 0.3) is 5.65 Å². The van der Waals surface area contributed by atoms with Gasteiger partial charge in [0.05, 0.1) is 5.69 Å². The molecular weight excluding hydrogens is 310 g/mol. The van der Waals surface area contributed by atoms with Crippen LogP contribution in [0.1, 0.15) is 26.4 Å². The first-order chi connectivity index (χ1) is 11.5. The summed E-state index contributed by atoms with van der Waals surface area (Å²) in [6.07, 6.45) is 1.69. The number of aryl methyl sites for hydroxylation is 1. The van der Waals surface area contributed by atoms with Gasteiger partial charge in [-0.05, 0) is 48.9 Å². The van der Waals surface area contributed by atoms with Crippen molar-refractivity contribution in [2.24, 2.45) is 16.0 Å². The number of azo groups is 1. The largest absolute Gasteiger partial charge is 0.476 e. The Morgan fingerprint density at radius 3 is 2.50 bits per heavy atom. The summed E-state index contributed by atoms with van der Waals surface area (Å²) < 4.78 is 1.55. The molecule has 1 amide bonds. The number of aromatic carboxylic acids is 1. The molecule has 0 radical (unpaired) electrons. The van der Waals surface area contributed by atoms with E-state index in [0.717, 1.165) is 5.56 Å². The van der Waals surface area contributed by atoms with Gasteiger partial charge in [0.2, 0.25) is 5.91 Å². The SMILES string of the molecule is Cc1ccn2c(N=Nc3ccc(C(N)=O)cc3)c(C(=O)O)nc2c1. The van der Waals surface area contributed by atoms with Gasteiger partial charge >= 0.3 is 5.97 Å². The first-order valence-electron chi connectivity index (χ1n) is 6.99. The number of aromatic nitrogens is 2. The summed E-state index contributed by atoms with van der Waals surface area (Å²) in [7, 11) is 0. The fourth-order valence-corrected chi connectivity index (χ4v) is 2.17. The normalized spacial score (nSPS) is 11.2. The topological polar surface area (TPSA) is 122 Å². The molecule has 120 valence electrons. The molecule has 0 unspecified atom stereocenters. The van der Waals surface area contributed by atoms with Crippen molar-refractivity contribution >= 4 is 29.0 Å². The molecule has 24 heavy (non-hydrogen) atoms. The van der Waals surface area contributed by atoms with Gasteiger partial charge in [-0.2, -0.15) is 0 Å². The Kier molecular flexibility index (Phi) is 3.78. The van der Waals surface area contributed by atoms with Crippen LogP contribution in [0.4, 0.5) is 11.5 Å². The van der Waals surface area contributed by atoms with Crippen molar-refractivity contribution in [3.8, 4) is 0 Å². The van der Waals surface area contributed by atoms with Crippen molar-refractivity contribution in [3.63, 3.8) is 0 Å². The summed E-state index contributed by atoms with van der Waals surface area (Å²) in [5.41, 5.74) is 7.23. The highest BCUT2D eigenvalue weighted by Gasteiger charge is 2.18. The molecule has 0 aliphatic heterocycles. The number of hydrogen-bond acceptors (Lipinski definition) is 5. The van der Waals surface area contributed by atoms with Gasteiger partial charge in [-0.25, -0.2) is 9.78 Å². The molecule has 3 rings (SSSR count). The summed E-state index contributed by atoms with van der Waals surface area (Å²) >= 11 is 0. The van der Waals surface area contributed by atoms with Crippen LogP contribution in [0.5, 0.6) is 0 Å². The average Bonchev–Trinajstić information content (AvgIpc) is 2.91. The Hall–Kier alpha value is -3.55. The maximum absolute atomic E-state index is 11.4. The van der Waals surface area contributed by atoms with Gasteiger partial charge in [0, 0.05) is 11.8 Å². The lowest BCUT2D eigenvalue weighted by atomic mass is 10.2. The van der Waals surface area contributed by atoms with Gasteiger partial charge in [-0.1, -0.05) is 0 Å². The van der Waals surface area contributed by atoms with Crippen molar-refractivity contribution in [2.75, 3.05) is 0 Å². The van der Waals surface area contributed by atoms with Crippen molar-refractivity contribution < 1.29 is 14.7 Å². The van der Waals surface area contributed by atoms with Crippen molar-refractivity contribution in [2.45, 2.75) is 6.92 Å². The number of fused-ring (bicyclic) bond motifs is 1. The highest BCUT2D eigenvalue weighted by Crippen LogP contribution is 2.25. The number of pyridine rings is 1. The number of nitrogens with zero attached hydrogens (tertiary/aromatic N) is 4. The lowest BCUT2D eigenvalue weighted by molar-refractivity contribution is 0.0692. The zero-order valence-electron chi connectivity index (χ0n) is 12.7. The summed E-state index contributed by atoms with van der Waals surface area (Å²) in [6.45, 7) is 1.89. The molecule has 1 aromatic carbocycles. The van der Waals surface area contributed by atoms with Crippen LogP contribution >= 0.6 is 0 Å². The molecule has 0 aliphatic carbocycles. The van der Waals surface area contributed by atoms with E-state index in [1.807, 2.05) is 13.0 Å². The molecular formula is C16H13N5O3. The predicted molar refractivity (Wildman–Crippen MR) is 86.0 cm³/mol. The molecule has 8 heteroatoms. The second-order valence-electron chi connectivity index (χ2n) is 5.13. The lowest BCUT2D eigenvalue weighted by Crippen LogP contribution is -2.10. The van der Waals surface area contributed by atoms with Gasteiger partial charge in [0.1, 0.15) is 5.65 Å². The smallest absolute Gasteiger partial charge is 0.358 e. The van der Waals surface area contributed by atoms with Crippen LogP contribution in [-0.4, -0.2) is 26.4 Å². The van der Waals surface area contributed by atoms with Gasteiger partial charge in [-0.3, -0.25) is 9.20 Å². The molecule has 3 N–H and O–H groups in total. The summed E-state index contributed by atoms with van der Waals surface area (Å²) in [5.74, 6) is -1.60. The Labute approximate surface area is 136 Å². The lowest BCUT2D eigenvalue weighted by Gasteiger charge is -1.98. The Morgan fingerprint density at radius 2 is 1.88 bits per heavy atom. The van der Waals surface area contributed by atoms with Crippen molar-refractivity contribution in [3.05, 3.63) is 59.4 Å². The average molecular weight is 323 g/mol. The van der Waals surface area contributed by atoms with Crippen LogP contribution < -0.4 is 5.73 Å². The van der Waals surface area contributed by atoms with Gasteiger partial charge < -0.3 is 10.8 Å². The molecule has 0 aliphatic rings. The van der Waals surface area contributed by atoms with Crippen molar-refractivity contribution in [1.29, 1.82) is 0 Å². The quantitative estimate of drug-likeness (QED) is 0.716. The minimum atomic E-state index is -1.19. The number of benzene rings is 1. The van der Waals surface area contributed by atoms with Crippen LogP contribution in [0.15, 0.2) is 52.8 Å². The number of carboxylic acid groups (broad SMARTS) is 1. The molecule has 0 saturated heterocycles. The van der Waals surface area contributed by atoms with E-state index in [-0.39, 0.29) is 11.5 Å². The zero-order valence-corrected chi connectivity index (χ0v) is 12.7. The molecule has 0 bridgehead atoms. The van der Waals surface area contributed by atoms with Gasteiger partial charge in [0.15, 0.2) is 11.5 Å². The number of hydrogen-bond donors (Lipinski definition) is 2. The van der Waals surface area contributed by atoms with Crippen LogP contribution in [0, 0.1) is 6.92 Å². The van der Waals surface area contributed by atoms with Gasteiger partial charge in [-0.15, -0.1) is 10.2 Å². The Morgan fingerprint density at radius 1 is 1.17 bits per heavy atom. The fourth-order valence-electron chi connectivity index (χ4n) is 2.17. The van der Waals surface area contributed by atoms with Crippen molar-refractivity contribution in [1.82, 2.24) is 9.38 Å². The maximum Gasteiger partial charge on any atom is 0.358 e. The summed E-state index contributed by atoms with van der Waals surface area (Å²) in [6, 6.07) is 9.75. The number of carboxylic acids is 1. The third-order valence-electron chi connectivity index (χ3n) is 3.37. The van der Waals surface area contributed by atoms with E-state index in [4.69, 9.17) is 5.73 Å². The van der Waals surface area contributed by atoms with E-state index < -0.39 is 11.9 Å². The highest BCUT2D eigenvalue weighted by atomic mass is 16.4. The zero-order chi connectivity index (χ0) is 17.3. The summed E-state index contributed by atoms with van der Waals surface area (Å²) in [5, 5.41) is 17.3. The van der Waals surface area contributed by atoms with Gasteiger partial charge in [0.25, 0.3) is 0 Å². The first-order valence-corrected chi connectivity index (χ1v) is 6.99. The monoisotopic (exact) mass is 323 g/mol. The number of carbonyl (C=O) groups is 2. The highest BCUT2D eigenvalue weighted by molar-refractivity contribution is 5.93. The number of amides is 1. The fraction of sp³-hybridized carbons (Fsp3) is 0.0625. The molecule has 0 saturated carbocycles. The van der Waals surface area contributed by atoms with Crippen LogP contribution in [0.3, 0.4) is 0 Å². The van der Waals surface area contributed by atoms with Crippen LogP contribution in [-0.2, 0) is 0 Å². The number of rotatable bonds is 4. The molecule has 3 aromatic rings. The van der Waals surface area contributed by atoms with Crippen LogP contribution in [0.2, 0.25) is 0 Å². The minimum absolute atomic E-state index is 0.122. The molecule has 2 aromatic heterocycles. The second kappa shape index (κ2) is 5.92. The minimum Gasteiger partial charge on any atom is -0.476 e. The standard InChI is InChI=1S/C16H13N5O3/c1-9-6-7-21-12(8-9)18-13(16(23)24)15(21)20-19-11-4-2-10(3-5-11)14(17)22/h2-8H,1H3,(H2,17,22)(H,23,24). The van der Waals surface area contributed by atoms with E-state index in [1.54, 1.807) is 28.8 Å². The van der Waals surface area contributed by atoms with E-state index in [0.29, 0.717) is 16.9 Å². The van der Waals surface area contributed by atoms with E-state index >= 15 is 0 Å². The first kappa shape index (κ1) is 15.3. The van der Waals surface area contributed by atoms with E-state index in [9.17, 15) is 14.7 Å². The molecule has 0 fully saturated rings. The predicted octanol–water partition coefficient (Wildman–Crippen LogP) is 2.86. The number of nitrogens with two attached hydrogens (primary N) is 1. The number of imidazole rings is 1. The Balaban J connectivity index is 2.03. The second-order valence-corrected chi connectivity index (χ2v) is 5.13. The summed E-state index contributed by atoms with van der Waals surface area (Å²) in [4.78, 5) is 26.5. The Bertz CT molecular complexity index is 973. The molecule has 8 nitrogen and oxygen atoms in total. The van der Waals surface area contributed by atoms with E-state index in [1.165, 1.54) is 12.1 Å². The molecule has 0 spiro atoms. The molecule has 0 atom stereocenters. The number of primary amides is 1. The third-order valence-corrected chi connectivity index (χ3v) is 3.37. The van der Waals surface area contributed by atoms with E-state index in [2.05, 4.69) is 15.2 Å². The third kappa shape index (κ3) is 2.84. The maximum atomic E-state index is 11.4. The number of carbonyl (C=O) groups excluding carboxylic acids is 1. The molecule has 2 heterocycles.